The predicted octanol–water partition coefficient (Wildman–Crippen LogP) is 3.34. The quantitative estimate of drug-likeness (QED) is 0.829. The minimum absolute atomic E-state index is 0.341. The molecule has 0 bridgehead atoms. The summed E-state index contributed by atoms with van der Waals surface area (Å²) in [6.45, 7) is 0. The molecule has 0 unspecified atom stereocenters. The summed E-state index contributed by atoms with van der Waals surface area (Å²) >= 11 is 11.9. The van der Waals surface area contributed by atoms with Gasteiger partial charge in [-0.05, 0) is 41.5 Å². The lowest BCUT2D eigenvalue weighted by atomic mass is 9.99. The third-order valence-corrected chi connectivity index (χ3v) is 2.92. The number of hydrogen-bond acceptors (Lipinski definition) is 2. The molecule has 92 valence electrons. The Morgan fingerprint density at radius 1 is 1.00 bits per heavy atom. The number of hydrogen-bond donors (Lipinski definition) is 2. The van der Waals surface area contributed by atoms with Crippen LogP contribution in [-0.4, -0.2) is 5.91 Å². The summed E-state index contributed by atoms with van der Waals surface area (Å²) in [6.07, 6.45) is 0. The van der Waals surface area contributed by atoms with Crippen molar-refractivity contribution in [1.29, 1.82) is 0 Å². The van der Waals surface area contributed by atoms with Crippen LogP contribution in [-0.2, 0) is 0 Å². The number of primary amides is 1. The normalized spacial score (nSPS) is 10.3. The topological polar surface area (TPSA) is 69.1 Å². The standard InChI is InChI=1S/C13H10Cl2N2O/c14-8-3-7(4-9(15)5-8)11-2-1-10(16)6-12(11)13(17)18/h1-6H,16H2,(H2,17,18). The van der Waals surface area contributed by atoms with Gasteiger partial charge in [0.05, 0.1) is 0 Å². The van der Waals surface area contributed by atoms with E-state index in [1.807, 2.05) is 0 Å². The van der Waals surface area contributed by atoms with Crippen LogP contribution in [0.15, 0.2) is 36.4 Å². The molecule has 2 rings (SSSR count). The highest BCUT2D eigenvalue weighted by Gasteiger charge is 2.11. The summed E-state index contributed by atoms with van der Waals surface area (Å²) in [6, 6.07) is 9.99. The van der Waals surface area contributed by atoms with E-state index in [2.05, 4.69) is 0 Å². The molecule has 0 radical (unpaired) electrons. The van der Waals surface area contributed by atoms with Gasteiger partial charge in [0.25, 0.3) is 0 Å². The molecule has 2 aromatic rings. The Hall–Kier alpha value is -1.71. The van der Waals surface area contributed by atoms with E-state index in [1.54, 1.807) is 30.3 Å². The number of nitrogens with two attached hydrogens (primary N) is 2. The SMILES string of the molecule is NC(=O)c1cc(N)ccc1-c1cc(Cl)cc(Cl)c1. The number of halogens is 2. The Balaban J connectivity index is 2.66. The Labute approximate surface area is 114 Å². The Kier molecular flexibility index (Phi) is 3.45. The molecule has 0 aromatic heterocycles. The maximum absolute atomic E-state index is 11.4. The molecule has 4 N–H and O–H groups in total. The van der Waals surface area contributed by atoms with Gasteiger partial charge in [0, 0.05) is 21.3 Å². The molecule has 0 aliphatic carbocycles. The Morgan fingerprint density at radius 3 is 2.17 bits per heavy atom. The number of amides is 1. The monoisotopic (exact) mass is 280 g/mol. The molecule has 0 saturated carbocycles. The number of anilines is 1. The van der Waals surface area contributed by atoms with Gasteiger partial charge in [-0.3, -0.25) is 4.79 Å². The molecule has 0 heterocycles. The van der Waals surface area contributed by atoms with Crippen LogP contribution in [0.4, 0.5) is 5.69 Å². The van der Waals surface area contributed by atoms with Crippen LogP contribution >= 0.6 is 23.2 Å². The van der Waals surface area contributed by atoms with Crippen molar-refractivity contribution >= 4 is 34.8 Å². The van der Waals surface area contributed by atoms with E-state index < -0.39 is 5.91 Å². The van der Waals surface area contributed by atoms with Crippen molar-refractivity contribution < 1.29 is 4.79 Å². The van der Waals surface area contributed by atoms with Crippen molar-refractivity contribution in [3.05, 3.63) is 52.0 Å². The van der Waals surface area contributed by atoms with Crippen LogP contribution in [0.1, 0.15) is 10.4 Å². The number of rotatable bonds is 2. The summed E-state index contributed by atoms with van der Waals surface area (Å²) in [5.41, 5.74) is 13.2. The molecule has 2 aromatic carbocycles. The van der Waals surface area contributed by atoms with Gasteiger partial charge in [-0.2, -0.15) is 0 Å². The highest BCUT2D eigenvalue weighted by atomic mass is 35.5. The van der Waals surface area contributed by atoms with Crippen molar-refractivity contribution in [1.82, 2.24) is 0 Å². The Morgan fingerprint density at radius 2 is 1.61 bits per heavy atom. The minimum atomic E-state index is -0.548. The molecule has 0 saturated heterocycles. The second kappa shape index (κ2) is 4.88. The van der Waals surface area contributed by atoms with Gasteiger partial charge < -0.3 is 11.5 Å². The lowest BCUT2D eigenvalue weighted by molar-refractivity contribution is 0.100. The van der Waals surface area contributed by atoms with Gasteiger partial charge in [0.15, 0.2) is 0 Å². The predicted molar refractivity (Wildman–Crippen MR) is 74.8 cm³/mol. The highest BCUT2D eigenvalue weighted by Crippen LogP contribution is 2.30. The van der Waals surface area contributed by atoms with E-state index in [-0.39, 0.29) is 0 Å². The average molecular weight is 281 g/mol. The fourth-order valence-corrected chi connectivity index (χ4v) is 2.25. The van der Waals surface area contributed by atoms with Crippen molar-refractivity contribution in [3.63, 3.8) is 0 Å². The van der Waals surface area contributed by atoms with E-state index in [4.69, 9.17) is 34.7 Å². The summed E-state index contributed by atoms with van der Waals surface area (Å²) in [5, 5.41) is 0.981. The van der Waals surface area contributed by atoms with Crippen molar-refractivity contribution in [2.24, 2.45) is 5.73 Å². The largest absolute Gasteiger partial charge is 0.399 e. The zero-order chi connectivity index (χ0) is 13.3. The maximum atomic E-state index is 11.4. The molecule has 0 aliphatic heterocycles. The lowest BCUT2D eigenvalue weighted by Crippen LogP contribution is -2.12. The van der Waals surface area contributed by atoms with Crippen LogP contribution in [0.3, 0.4) is 0 Å². The second-order valence-electron chi connectivity index (χ2n) is 3.83. The third kappa shape index (κ3) is 2.58. The first-order valence-electron chi connectivity index (χ1n) is 5.13. The van der Waals surface area contributed by atoms with Gasteiger partial charge in [0.1, 0.15) is 0 Å². The minimum Gasteiger partial charge on any atom is -0.399 e. The summed E-state index contributed by atoms with van der Waals surface area (Å²) < 4.78 is 0. The van der Waals surface area contributed by atoms with Crippen LogP contribution in [0.25, 0.3) is 11.1 Å². The number of carbonyl (C=O) groups excluding carboxylic acids is 1. The summed E-state index contributed by atoms with van der Waals surface area (Å²) in [4.78, 5) is 11.4. The van der Waals surface area contributed by atoms with E-state index in [1.165, 1.54) is 6.07 Å². The van der Waals surface area contributed by atoms with Crippen molar-refractivity contribution in [2.75, 3.05) is 5.73 Å². The number of nitrogen functional groups attached to an aromatic ring is 1. The molecule has 1 amide bonds. The number of benzene rings is 2. The lowest BCUT2D eigenvalue weighted by Gasteiger charge is -2.09. The van der Waals surface area contributed by atoms with Crippen molar-refractivity contribution in [2.45, 2.75) is 0 Å². The van der Waals surface area contributed by atoms with Gasteiger partial charge in [-0.25, -0.2) is 0 Å². The first-order valence-corrected chi connectivity index (χ1v) is 5.89. The summed E-state index contributed by atoms with van der Waals surface area (Å²) in [5.74, 6) is -0.548. The van der Waals surface area contributed by atoms with Gasteiger partial charge in [-0.1, -0.05) is 29.3 Å². The molecule has 0 atom stereocenters. The molecule has 18 heavy (non-hydrogen) atoms. The van der Waals surface area contributed by atoms with Crippen molar-refractivity contribution in [3.8, 4) is 11.1 Å². The highest BCUT2D eigenvalue weighted by molar-refractivity contribution is 6.35. The van der Waals surface area contributed by atoms with Crippen LogP contribution < -0.4 is 11.5 Å². The molecular weight excluding hydrogens is 271 g/mol. The average Bonchev–Trinajstić information content (AvgIpc) is 2.27. The molecule has 0 spiro atoms. The van der Waals surface area contributed by atoms with E-state index in [0.29, 0.717) is 26.9 Å². The third-order valence-electron chi connectivity index (χ3n) is 2.48. The van der Waals surface area contributed by atoms with Crippen LogP contribution in [0.5, 0.6) is 0 Å². The van der Waals surface area contributed by atoms with Crippen LogP contribution in [0, 0.1) is 0 Å². The maximum Gasteiger partial charge on any atom is 0.249 e. The fourth-order valence-electron chi connectivity index (χ4n) is 1.73. The molecule has 3 nitrogen and oxygen atoms in total. The molecule has 0 fully saturated rings. The van der Waals surface area contributed by atoms with E-state index >= 15 is 0 Å². The van der Waals surface area contributed by atoms with Gasteiger partial charge >= 0.3 is 0 Å². The smallest absolute Gasteiger partial charge is 0.249 e. The Bertz CT molecular complexity index is 606. The number of carbonyl (C=O) groups is 1. The zero-order valence-corrected chi connectivity index (χ0v) is 10.8. The first kappa shape index (κ1) is 12.7. The second-order valence-corrected chi connectivity index (χ2v) is 4.70. The van der Waals surface area contributed by atoms with Gasteiger partial charge in [-0.15, -0.1) is 0 Å². The molecule has 5 heteroatoms. The summed E-state index contributed by atoms with van der Waals surface area (Å²) in [7, 11) is 0. The van der Waals surface area contributed by atoms with E-state index in [0.717, 1.165) is 5.56 Å². The molecular formula is C13H10Cl2N2O. The fraction of sp³-hybridized carbons (Fsp3) is 0. The first-order chi connectivity index (χ1) is 8.47. The zero-order valence-electron chi connectivity index (χ0n) is 9.28. The van der Waals surface area contributed by atoms with Crippen LogP contribution in [0.2, 0.25) is 10.0 Å². The molecule has 0 aliphatic rings. The van der Waals surface area contributed by atoms with E-state index in [9.17, 15) is 4.79 Å². The van der Waals surface area contributed by atoms with Gasteiger partial charge in [0.2, 0.25) is 5.91 Å².